The first-order valence-corrected chi connectivity index (χ1v) is 10.5. The molecule has 0 radical (unpaired) electrons. The molecule has 4 aromatic rings. The lowest BCUT2D eigenvalue weighted by Gasteiger charge is -2.15. The van der Waals surface area contributed by atoms with Crippen LogP contribution in [-0.2, 0) is 17.9 Å². The summed E-state index contributed by atoms with van der Waals surface area (Å²) in [4.78, 5) is 26.8. The van der Waals surface area contributed by atoms with E-state index in [1.807, 2.05) is 41.8 Å². The average Bonchev–Trinajstić information content (AvgIpc) is 3.48. The maximum atomic E-state index is 12.5. The normalized spacial score (nSPS) is 11.0. The Morgan fingerprint density at radius 1 is 1.17 bits per heavy atom. The Balaban J connectivity index is 1.34. The van der Waals surface area contributed by atoms with Gasteiger partial charge in [0.2, 0.25) is 5.91 Å². The van der Waals surface area contributed by atoms with Crippen LogP contribution < -0.4 is 5.76 Å². The fourth-order valence-corrected chi connectivity index (χ4v) is 3.66. The fourth-order valence-electron chi connectivity index (χ4n) is 2.89. The van der Waals surface area contributed by atoms with Crippen LogP contribution in [0.1, 0.15) is 12.2 Å². The summed E-state index contributed by atoms with van der Waals surface area (Å²) in [5, 5.41) is 6.69. The van der Waals surface area contributed by atoms with Crippen LogP contribution in [0.3, 0.4) is 0 Å². The van der Waals surface area contributed by atoms with E-state index in [-0.39, 0.29) is 24.8 Å². The minimum atomic E-state index is -0.576. The van der Waals surface area contributed by atoms with Crippen LogP contribution in [-0.4, -0.2) is 27.6 Å². The summed E-state index contributed by atoms with van der Waals surface area (Å²) in [6, 6.07) is 14.7. The van der Waals surface area contributed by atoms with Crippen LogP contribution in [0, 0.1) is 0 Å². The molecule has 0 aliphatic heterocycles. The molecular formula is C21H18ClN3O4S. The van der Waals surface area contributed by atoms with Crippen LogP contribution in [0.15, 0.2) is 67.5 Å². The summed E-state index contributed by atoms with van der Waals surface area (Å²) in [6.07, 6.45) is 0.123. The summed E-state index contributed by atoms with van der Waals surface area (Å²) < 4.78 is 12.2. The van der Waals surface area contributed by atoms with Crippen molar-refractivity contribution in [3.05, 3.63) is 75.2 Å². The predicted octanol–water partition coefficient (Wildman–Crippen LogP) is 4.53. The van der Waals surface area contributed by atoms with Gasteiger partial charge in [0, 0.05) is 24.1 Å². The van der Waals surface area contributed by atoms with Crippen molar-refractivity contribution in [3.8, 4) is 22.1 Å². The topological polar surface area (TPSA) is 81.5 Å². The molecule has 0 unspecified atom stereocenters. The lowest BCUT2D eigenvalue weighted by atomic mass is 10.2. The summed E-state index contributed by atoms with van der Waals surface area (Å²) in [5.41, 5.74) is 0.909. The highest BCUT2D eigenvalue weighted by Crippen LogP contribution is 2.24. The zero-order valence-electron chi connectivity index (χ0n) is 16.1. The molecule has 3 heterocycles. The van der Waals surface area contributed by atoms with E-state index in [9.17, 15) is 9.59 Å². The number of carbonyl (C=O) groups is 1. The van der Waals surface area contributed by atoms with Crippen molar-refractivity contribution in [2.45, 2.75) is 19.5 Å². The zero-order valence-corrected chi connectivity index (χ0v) is 17.7. The van der Waals surface area contributed by atoms with E-state index in [1.54, 1.807) is 24.1 Å². The Kier molecular flexibility index (Phi) is 5.87. The van der Waals surface area contributed by atoms with Gasteiger partial charge in [0.25, 0.3) is 5.89 Å². The molecule has 0 fully saturated rings. The number of benzene rings is 1. The number of hydrogen-bond acceptors (Lipinski definition) is 6. The highest BCUT2D eigenvalue weighted by Gasteiger charge is 2.15. The molecular weight excluding hydrogens is 426 g/mol. The van der Waals surface area contributed by atoms with Gasteiger partial charge in [-0.05, 0) is 47.8 Å². The summed E-state index contributed by atoms with van der Waals surface area (Å²) in [6.45, 7) is 0.464. The number of nitrogens with zero attached hydrogens (tertiary/aromatic N) is 3. The number of hydrogen-bond donors (Lipinski definition) is 0. The van der Waals surface area contributed by atoms with E-state index in [2.05, 4.69) is 5.10 Å². The zero-order chi connectivity index (χ0) is 21.1. The molecule has 0 saturated heterocycles. The molecule has 7 nitrogen and oxygen atoms in total. The number of aryl methyl sites for hydroxylation is 1. The number of furan rings is 1. The molecule has 0 saturated carbocycles. The van der Waals surface area contributed by atoms with Gasteiger partial charge in [-0.1, -0.05) is 17.7 Å². The summed E-state index contributed by atoms with van der Waals surface area (Å²) >= 11 is 7.34. The van der Waals surface area contributed by atoms with Crippen LogP contribution >= 0.6 is 22.9 Å². The first-order chi connectivity index (χ1) is 14.5. The summed E-state index contributed by atoms with van der Waals surface area (Å²) in [7, 11) is 1.69. The average molecular weight is 444 g/mol. The third-order valence-electron chi connectivity index (χ3n) is 4.48. The highest BCUT2D eigenvalue weighted by atomic mass is 35.5. The predicted molar refractivity (Wildman–Crippen MR) is 114 cm³/mol. The van der Waals surface area contributed by atoms with E-state index in [4.69, 9.17) is 20.4 Å². The van der Waals surface area contributed by atoms with Gasteiger partial charge in [-0.25, -0.2) is 4.79 Å². The smallest absolute Gasteiger partial charge is 0.437 e. The van der Waals surface area contributed by atoms with Crippen LogP contribution in [0.2, 0.25) is 5.02 Å². The second kappa shape index (κ2) is 8.73. The Hall–Kier alpha value is -3.10. The third kappa shape index (κ3) is 4.55. The number of carbonyl (C=O) groups excluding carboxylic acids is 1. The molecule has 9 heteroatoms. The van der Waals surface area contributed by atoms with E-state index in [0.29, 0.717) is 23.1 Å². The molecule has 1 amide bonds. The van der Waals surface area contributed by atoms with Crippen LogP contribution in [0.5, 0.6) is 0 Å². The van der Waals surface area contributed by atoms with Crippen molar-refractivity contribution in [2.75, 3.05) is 7.05 Å². The molecule has 1 aromatic carbocycles. The molecule has 0 aliphatic rings. The lowest BCUT2D eigenvalue weighted by Crippen LogP contribution is -2.28. The first kappa shape index (κ1) is 20.2. The molecule has 0 bridgehead atoms. The van der Waals surface area contributed by atoms with Gasteiger partial charge >= 0.3 is 5.76 Å². The summed E-state index contributed by atoms with van der Waals surface area (Å²) in [5.74, 6) is 0.924. The molecule has 154 valence electrons. The molecule has 0 N–H and O–H groups in total. The maximum Gasteiger partial charge on any atom is 0.437 e. The van der Waals surface area contributed by atoms with Gasteiger partial charge in [-0.3, -0.25) is 4.79 Å². The Morgan fingerprint density at radius 3 is 2.70 bits per heavy atom. The van der Waals surface area contributed by atoms with Gasteiger partial charge in [0.15, 0.2) is 0 Å². The monoisotopic (exact) mass is 443 g/mol. The Morgan fingerprint density at radius 2 is 1.97 bits per heavy atom. The van der Waals surface area contributed by atoms with E-state index in [1.165, 1.54) is 16.0 Å². The van der Waals surface area contributed by atoms with Crippen molar-refractivity contribution in [2.24, 2.45) is 0 Å². The number of amides is 1. The van der Waals surface area contributed by atoms with Gasteiger partial charge in [0.05, 0.1) is 18.0 Å². The highest BCUT2D eigenvalue weighted by molar-refractivity contribution is 7.13. The standard InChI is InChI=1S/C21H18ClN3O4S/c1-24(13-16-8-9-17(28-16)14-4-6-15(22)7-5-14)19(26)10-11-25-21(27)29-20(23-25)18-3-2-12-30-18/h2-9,12H,10-11,13H2,1H3. The van der Waals surface area contributed by atoms with Crippen molar-refractivity contribution < 1.29 is 13.6 Å². The molecule has 0 spiro atoms. The largest absolute Gasteiger partial charge is 0.459 e. The second-order valence-electron chi connectivity index (χ2n) is 6.65. The van der Waals surface area contributed by atoms with E-state index < -0.39 is 5.76 Å². The van der Waals surface area contributed by atoms with Crippen molar-refractivity contribution in [3.63, 3.8) is 0 Å². The fraction of sp³-hybridized carbons (Fsp3) is 0.190. The van der Waals surface area contributed by atoms with Crippen LogP contribution in [0.4, 0.5) is 0 Å². The van der Waals surface area contributed by atoms with Crippen molar-refractivity contribution in [1.82, 2.24) is 14.7 Å². The molecule has 3 aromatic heterocycles. The second-order valence-corrected chi connectivity index (χ2v) is 8.03. The minimum absolute atomic E-state index is 0.123. The number of aromatic nitrogens is 2. The molecule has 0 atom stereocenters. The lowest BCUT2D eigenvalue weighted by molar-refractivity contribution is -0.130. The number of halogens is 1. The van der Waals surface area contributed by atoms with Gasteiger partial charge in [-0.15, -0.1) is 16.4 Å². The quantitative estimate of drug-likeness (QED) is 0.419. The molecule has 4 rings (SSSR count). The first-order valence-electron chi connectivity index (χ1n) is 9.20. The van der Waals surface area contributed by atoms with Gasteiger partial charge in [0.1, 0.15) is 11.5 Å². The third-order valence-corrected chi connectivity index (χ3v) is 5.59. The molecule has 0 aliphatic carbocycles. The SMILES string of the molecule is CN(Cc1ccc(-c2ccc(Cl)cc2)o1)C(=O)CCn1nc(-c2cccs2)oc1=O. The minimum Gasteiger partial charge on any atom is -0.459 e. The van der Waals surface area contributed by atoms with E-state index >= 15 is 0 Å². The van der Waals surface area contributed by atoms with E-state index in [0.717, 1.165) is 10.4 Å². The van der Waals surface area contributed by atoms with Gasteiger partial charge in [-0.2, -0.15) is 4.68 Å². The van der Waals surface area contributed by atoms with Crippen molar-refractivity contribution >= 4 is 28.8 Å². The van der Waals surface area contributed by atoms with Gasteiger partial charge < -0.3 is 13.7 Å². The maximum absolute atomic E-state index is 12.5. The number of thiophene rings is 1. The van der Waals surface area contributed by atoms with Crippen molar-refractivity contribution in [1.29, 1.82) is 0 Å². The van der Waals surface area contributed by atoms with Crippen LogP contribution in [0.25, 0.3) is 22.1 Å². The Bertz CT molecular complexity index is 1190. The number of rotatable bonds is 7. The molecule has 30 heavy (non-hydrogen) atoms. The Labute approximate surface area is 181 Å².